The van der Waals surface area contributed by atoms with Crippen molar-refractivity contribution in [3.63, 3.8) is 0 Å². The van der Waals surface area contributed by atoms with E-state index in [2.05, 4.69) is 0 Å². The summed E-state index contributed by atoms with van der Waals surface area (Å²) in [6, 6.07) is 5.38. The van der Waals surface area contributed by atoms with Gasteiger partial charge in [0.15, 0.2) is 17.2 Å². The molecule has 3 rings (SSSR count). The van der Waals surface area contributed by atoms with Crippen LogP contribution in [0.15, 0.2) is 35.4 Å². The van der Waals surface area contributed by atoms with E-state index in [-0.39, 0.29) is 6.54 Å². The Kier molecular flexibility index (Phi) is 3.46. The fraction of sp³-hybridized carbons (Fsp3) is 0.200. The summed E-state index contributed by atoms with van der Waals surface area (Å²) in [5, 5.41) is 18.6. The van der Waals surface area contributed by atoms with Crippen molar-refractivity contribution in [3.8, 4) is 17.2 Å². The van der Waals surface area contributed by atoms with E-state index in [1.807, 2.05) is 6.07 Å². The molecule has 0 radical (unpaired) electrons. The molecule has 2 aromatic rings. The zero-order valence-corrected chi connectivity index (χ0v) is 11.5. The van der Waals surface area contributed by atoms with E-state index in [0.717, 1.165) is 5.56 Å². The summed E-state index contributed by atoms with van der Waals surface area (Å²) < 4.78 is 12.5. The Morgan fingerprint density at radius 2 is 2.00 bits per heavy atom. The molecule has 0 unspecified atom stereocenters. The molecule has 1 aliphatic heterocycles. The van der Waals surface area contributed by atoms with Gasteiger partial charge in [0.25, 0.3) is 0 Å². The van der Waals surface area contributed by atoms with Crippen molar-refractivity contribution >= 4 is 5.97 Å². The van der Waals surface area contributed by atoms with Gasteiger partial charge in [0.1, 0.15) is 18.8 Å². The Morgan fingerprint density at radius 1 is 1.23 bits per heavy atom. The number of rotatable bonds is 3. The van der Waals surface area contributed by atoms with E-state index in [0.29, 0.717) is 24.7 Å². The molecule has 0 saturated heterocycles. The van der Waals surface area contributed by atoms with Crippen molar-refractivity contribution < 1.29 is 24.5 Å². The molecule has 2 N–H and O–H groups in total. The monoisotopic (exact) mass is 303 g/mol. The Labute approximate surface area is 125 Å². The van der Waals surface area contributed by atoms with E-state index >= 15 is 0 Å². The Morgan fingerprint density at radius 3 is 2.77 bits per heavy atom. The highest BCUT2D eigenvalue weighted by atomic mass is 16.6. The Hall–Kier alpha value is -2.96. The van der Waals surface area contributed by atoms with Crippen LogP contribution in [0.5, 0.6) is 17.2 Å². The van der Waals surface area contributed by atoms with Crippen molar-refractivity contribution in [1.82, 2.24) is 4.57 Å². The fourth-order valence-electron chi connectivity index (χ4n) is 2.31. The molecule has 1 aromatic heterocycles. The predicted molar refractivity (Wildman–Crippen MR) is 75.9 cm³/mol. The Balaban J connectivity index is 2.01. The lowest BCUT2D eigenvalue weighted by molar-refractivity contribution is 0.0694. The van der Waals surface area contributed by atoms with Crippen LogP contribution < -0.4 is 14.9 Å². The number of carbonyl (C=O) groups is 1. The minimum Gasteiger partial charge on any atom is -0.503 e. The van der Waals surface area contributed by atoms with Crippen LogP contribution in [0.25, 0.3) is 0 Å². The molecule has 7 nitrogen and oxygen atoms in total. The van der Waals surface area contributed by atoms with Gasteiger partial charge in [-0.05, 0) is 6.07 Å². The molecule has 0 atom stereocenters. The highest BCUT2D eigenvalue weighted by Crippen LogP contribution is 2.34. The average molecular weight is 303 g/mol. The highest BCUT2D eigenvalue weighted by molar-refractivity contribution is 5.87. The number of pyridine rings is 1. The third-order valence-corrected chi connectivity index (χ3v) is 3.29. The van der Waals surface area contributed by atoms with Crippen molar-refractivity contribution in [2.75, 3.05) is 13.2 Å². The maximum absolute atomic E-state index is 11.6. The smallest absolute Gasteiger partial charge is 0.341 e. The van der Waals surface area contributed by atoms with Crippen LogP contribution in [0.2, 0.25) is 0 Å². The van der Waals surface area contributed by atoms with Gasteiger partial charge in [0, 0.05) is 11.8 Å². The zero-order valence-electron chi connectivity index (χ0n) is 11.5. The van der Waals surface area contributed by atoms with Crippen LogP contribution >= 0.6 is 0 Å². The maximum Gasteiger partial charge on any atom is 0.341 e. The largest absolute Gasteiger partial charge is 0.503 e. The normalized spacial score (nSPS) is 12.9. The highest BCUT2D eigenvalue weighted by Gasteiger charge is 2.17. The summed E-state index contributed by atoms with van der Waals surface area (Å²) in [6.07, 6.45) is 2.38. The number of ether oxygens (including phenoxy) is 2. The second-order valence-corrected chi connectivity index (χ2v) is 4.81. The molecule has 7 heteroatoms. The molecule has 1 aromatic carbocycles. The van der Waals surface area contributed by atoms with E-state index in [1.54, 1.807) is 12.1 Å². The van der Waals surface area contributed by atoms with Gasteiger partial charge in [0.2, 0.25) is 5.43 Å². The number of hydrogen-bond donors (Lipinski definition) is 2. The first kappa shape index (κ1) is 14.0. The number of benzene rings is 1. The first-order valence-electron chi connectivity index (χ1n) is 6.60. The first-order valence-corrected chi connectivity index (χ1v) is 6.60. The SMILES string of the molecule is O=C(O)c1cn(Cc2cccc3c2OCCO3)cc(O)c1=O. The molecular formula is C15H13NO6. The maximum atomic E-state index is 11.6. The summed E-state index contributed by atoms with van der Waals surface area (Å²) in [5.74, 6) is -0.789. The first-order chi connectivity index (χ1) is 10.6. The van der Waals surface area contributed by atoms with Gasteiger partial charge < -0.3 is 24.3 Å². The second kappa shape index (κ2) is 5.44. The third-order valence-electron chi connectivity index (χ3n) is 3.29. The molecule has 114 valence electrons. The van der Waals surface area contributed by atoms with E-state index in [9.17, 15) is 14.7 Å². The minimum absolute atomic E-state index is 0.237. The van der Waals surface area contributed by atoms with Gasteiger partial charge in [0.05, 0.1) is 12.7 Å². The molecule has 0 amide bonds. The van der Waals surface area contributed by atoms with Crippen LogP contribution in [-0.2, 0) is 6.54 Å². The number of aromatic hydroxyl groups is 1. The number of hydrogen-bond acceptors (Lipinski definition) is 5. The number of carboxylic acids is 1. The molecular weight excluding hydrogens is 290 g/mol. The Bertz CT molecular complexity index is 795. The average Bonchev–Trinajstić information content (AvgIpc) is 2.51. The lowest BCUT2D eigenvalue weighted by Crippen LogP contribution is -2.19. The van der Waals surface area contributed by atoms with Crippen molar-refractivity contribution in [1.29, 1.82) is 0 Å². The van der Waals surface area contributed by atoms with E-state index < -0.39 is 22.7 Å². The summed E-state index contributed by atoms with van der Waals surface area (Å²) >= 11 is 0. The summed E-state index contributed by atoms with van der Waals surface area (Å²) in [7, 11) is 0. The molecule has 0 spiro atoms. The fourth-order valence-corrected chi connectivity index (χ4v) is 2.31. The van der Waals surface area contributed by atoms with Gasteiger partial charge in [-0.25, -0.2) is 4.79 Å². The molecule has 0 fully saturated rings. The standard InChI is InChI=1S/C15H13NO6/c17-11-8-16(7-10(13(11)18)15(19)20)6-9-2-1-3-12-14(9)22-5-4-21-12/h1-3,7-8,17H,4-6H2,(H,19,20). The number of nitrogens with zero attached hydrogens (tertiary/aromatic N) is 1. The molecule has 0 aliphatic carbocycles. The van der Waals surface area contributed by atoms with Crippen LogP contribution in [0.4, 0.5) is 0 Å². The number of aromatic carboxylic acids is 1. The van der Waals surface area contributed by atoms with E-state index in [4.69, 9.17) is 14.6 Å². The number of aromatic nitrogens is 1. The minimum atomic E-state index is -1.38. The molecule has 22 heavy (non-hydrogen) atoms. The van der Waals surface area contributed by atoms with Crippen LogP contribution in [-0.4, -0.2) is 34.0 Å². The summed E-state index contributed by atoms with van der Waals surface area (Å²) in [5.41, 5.74) is -0.628. The van der Waals surface area contributed by atoms with Gasteiger partial charge in [-0.3, -0.25) is 4.79 Å². The quantitative estimate of drug-likeness (QED) is 0.880. The number of para-hydroxylation sites is 1. The second-order valence-electron chi connectivity index (χ2n) is 4.81. The summed E-state index contributed by atoms with van der Waals surface area (Å²) in [4.78, 5) is 22.6. The van der Waals surface area contributed by atoms with Crippen LogP contribution in [0.3, 0.4) is 0 Å². The van der Waals surface area contributed by atoms with Gasteiger partial charge in [-0.1, -0.05) is 12.1 Å². The third kappa shape index (κ3) is 2.48. The van der Waals surface area contributed by atoms with Crippen molar-refractivity contribution in [2.45, 2.75) is 6.54 Å². The lowest BCUT2D eigenvalue weighted by atomic mass is 10.1. The summed E-state index contributed by atoms with van der Waals surface area (Å²) in [6.45, 7) is 1.14. The van der Waals surface area contributed by atoms with Gasteiger partial charge in [-0.2, -0.15) is 0 Å². The van der Waals surface area contributed by atoms with Gasteiger partial charge in [-0.15, -0.1) is 0 Å². The topological polar surface area (TPSA) is 98.0 Å². The molecule has 0 saturated carbocycles. The van der Waals surface area contributed by atoms with E-state index in [1.165, 1.54) is 17.0 Å². The van der Waals surface area contributed by atoms with Crippen molar-refractivity contribution in [3.05, 3.63) is 51.9 Å². The zero-order chi connectivity index (χ0) is 15.7. The number of carboxylic acid groups (broad SMARTS) is 1. The molecule has 2 heterocycles. The predicted octanol–water partition coefficient (Wildman–Crippen LogP) is 1.07. The molecule has 0 bridgehead atoms. The van der Waals surface area contributed by atoms with Crippen LogP contribution in [0.1, 0.15) is 15.9 Å². The van der Waals surface area contributed by atoms with Gasteiger partial charge >= 0.3 is 5.97 Å². The van der Waals surface area contributed by atoms with Crippen molar-refractivity contribution in [2.24, 2.45) is 0 Å². The molecule has 1 aliphatic rings. The van der Waals surface area contributed by atoms with Crippen LogP contribution in [0, 0.1) is 0 Å². The number of fused-ring (bicyclic) bond motifs is 1. The lowest BCUT2D eigenvalue weighted by Gasteiger charge is -2.21.